The Morgan fingerprint density at radius 2 is 0.909 bits per heavy atom. The highest BCUT2D eigenvalue weighted by Gasteiger charge is 2.20. The van der Waals surface area contributed by atoms with Crippen LogP contribution in [0.1, 0.15) is 11.1 Å². The SMILES string of the molecule is N#Cc1ccc(-n2c3ccccc3c3c(C#N)cccc32)c(-c2cccc(-n3c4ccccc4c4cc(-n5c6ccccc6c6ccccc65)ccc43)c2)c1. The third kappa shape index (κ3) is 4.45. The van der Waals surface area contributed by atoms with E-state index < -0.39 is 0 Å². The molecule has 3 heterocycles. The Hall–Kier alpha value is -7.86. The van der Waals surface area contributed by atoms with Crippen molar-refractivity contribution in [1.82, 2.24) is 13.7 Å². The summed E-state index contributed by atoms with van der Waals surface area (Å²) in [6, 6.07) is 66.0. The molecule has 0 unspecified atom stereocenters. The summed E-state index contributed by atoms with van der Waals surface area (Å²) in [6.07, 6.45) is 0. The lowest BCUT2D eigenvalue weighted by Gasteiger charge is -2.16. The van der Waals surface area contributed by atoms with Gasteiger partial charge in [0.1, 0.15) is 0 Å². The molecule has 0 atom stereocenters. The Morgan fingerprint density at radius 1 is 0.364 bits per heavy atom. The first-order valence-electron chi connectivity index (χ1n) is 18.3. The summed E-state index contributed by atoms with van der Waals surface area (Å²) in [5, 5.41) is 27.0. The molecule has 0 radical (unpaired) electrons. The van der Waals surface area contributed by atoms with Crippen molar-refractivity contribution in [2.24, 2.45) is 0 Å². The second-order valence-electron chi connectivity index (χ2n) is 14.0. The molecule has 0 aliphatic rings. The minimum absolute atomic E-state index is 0.581. The molecule has 0 saturated carbocycles. The molecule has 0 aliphatic carbocycles. The number of hydrogen-bond acceptors (Lipinski definition) is 2. The molecule has 0 bridgehead atoms. The minimum Gasteiger partial charge on any atom is -0.309 e. The Morgan fingerprint density at radius 3 is 1.56 bits per heavy atom. The van der Waals surface area contributed by atoms with Crippen LogP contribution < -0.4 is 0 Å². The molecule has 5 nitrogen and oxygen atoms in total. The van der Waals surface area contributed by atoms with E-state index in [2.05, 4.69) is 159 Å². The van der Waals surface area contributed by atoms with Crippen molar-refractivity contribution in [2.75, 3.05) is 0 Å². The number of aromatic nitrogens is 3. The maximum absolute atomic E-state index is 10.1. The molecule has 8 aromatic carbocycles. The minimum atomic E-state index is 0.581. The average molecular weight is 700 g/mol. The zero-order valence-electron chi connectivity index (χ0n) is 29.5. The molecule has 0 fully saturated rings. The third-order valence-corrected chi connectivity index (χ3v) is 11.1. The summed E-state index contributed by atoms with van der Waals surface area (Å²) in [6.45, 7) is 0. The van der Waals surface area contributed by atoms with Crippen LogP contribution in [0.15, 0.2) is 176 Å². The molecule has 55 heavy (non-hydrogen) atoms. The summed E-state index contributed by atoms with van der Waals surface area (Å²) >= 11 is 0. The van der Waals surface area contributed by atoms with E-state index in [4.69, 9.17) is 0 Å². The van der Waals surface area contributed by atoms with Crippen molar-refractivity contribution in [3.8, 4) is 40.3 Å². The van der Waals surface area contributed by atoms with Crippen molar-refractivity contribution < 1.29 is 0 Å². The molecule has 0 spiro atoms. The van der Waals surface area contributed by atoms with E-state index in [0.717, 1.165) is 61.0 Å². The predicted molar refractivity (Wildman–Crippen MR) is 224 cm³/mol. The first-order chi connectivity index (χ1) is 27.2. The molecule has 5 heteroatoms. The van der Waals surface area contributed by atoms with Crippen molar-refractivity contribution in [2.45, 2.75) is 0 Å². The number of nitriles is 2. The molecule has 0 aliphatic heterocycles. The molecule has 254 valence electrons. The van der Waals surface area contributed by atoms with Crippen LogP contribution in [0.5, 0.6) is 0 Å². The van der Waals surface area contributed by atoms with Gasteiger partial charge in [0.05, 0.1) is 62.1 Å². The smallest absolute Gasteiger partial charge is 0.0998 e. The van der Waals surface area contributed by atoms with E-state index in [1.807, 2.05) is 42.5 Å². The number of nitrogens with zero attached hydrogens (tertiary/aromatic N) is 5. The molecule has 0 N–H and O–H groups in total. The van der Waals surface area contributed by atoms with E-state index in [0.29, 0.717) is 11.1 Å². The zero-order chi connectivity index (χ0) is 36.6. The highest BCUT2D eigenvalue weighted by atomic mass is 15.0. The van der Waals surface area contributed by atoms with Crippen LogP contribution in [-0.2, 0) is 0 Å². The monoisotopic (exact) mass is 699 g/mol. The number of fused-ring (bicyclic) bond motifs is 9. The third-order valence-electron chi connectivity index (χ3n) is 11.1. The predicted octanol–water partition coefficient (Wildman–Crippen LogP) is 12.4. The Kier molecular flexibility index (Phi) is 6.61. The van der Waals surface area contributed by atoms with Crippen LogP contribution in [0.2, 0.25) is 0 Å². The molecule has 11 rings (SSSR count). The molecule has 0 amide bonds. The van der Waals surface area contributed by atoms with Gasteiger partial charge in [-0.3, -0.25) is 0 Å². The van der Waals surface area contributed by atoms with Crippen molar-refractivity contribution >= 4 is 65.4 Å². The molecule has 0 saturated heterocycles. The Labute approximate surface area is 316 Å². The fraction of sp³-hybridized carbons (Fsp3) is 0. The lowest BCUT2D eigenvalue weighted by molar-refractivity contribution is 1.16. The first kappa shape index (κ1) is 30.7. The van der Waals surface area contributed by atoms with Gasteiger partial charge in [-0.1, -0.05) is 91.0 Å². The standard InChI is InChI=1S/C50H29N5/c51-30-32-23-25-47(55-46-21-8-4-17-40(46)50-34(31-52)12-10-22-49(50)55)41(27-32)33-11-9-13-35(28-33)53-45-20-7-3-16-39(45)42-29-36(24-26-48(42)53)54-43-18-5-1-14-37(43)38-15-2-6-19-44(38)54/h1-29H. The quantitative estimate of drug-likeness (QED) is 0.184. The van der Waals surface area contributed by atoms with E-state index in [1.165, 1.54) is 32.6 Å². The van der Waals surface area contributed by atoms with Gasteiger partial charge in [0, 0.05) is 49.3 Å². The first-order valence-corrected chi connectivity index (χ1v) is 18.3. The number of para-hydroxylation sites is 4. The summed E-state index contributed by atoms with van der Waals surface area (Å²) < 4.78 is 6.94. The maximum Gasteiger partial charge on any atom is 0.0998 e. The second kappa shape index (κ2) is 11.8. The largest absolute Gasteiger partial charge is 0.309 e. The molecule has 11 aromatic rings. The Balaban J connectivity index is 1.13. The lowest BCUT2D eigenvalue weighted by atomic mass is 10.00. The van der Waals surface area contributed by atoms with E-state index in [-0.39, 0.29) is 0 Å². The highest BCUT2D eigenvalue weighted by Crippen LogP contribution is 2.40. The van der Waals surface area contributed by atoms with Gasteiger partial charge < -0.3 is 13.7 Å². The lowest BCUT2D eigenvalue weighted by Crippen LogP contribution is -1.99. The Bertz CT molecular complexity index is 3420. The van der Waals surface area contributed by atoms with E-state index in [1.54, 1.807) is 0 Å². The summed E-state index contributed by atoms with van der Waals surface area (Å²) in [5.41, 5.74) is 12.8. The fourth-order valence-corrected chi connectivity index (χ4v) is 8.80. The van der Waals surface area contributed by atoms with Gasteiger partial charge in [-0.25, -0.2) is 0 Å². The summed E-state index contributed by atoms with van der Waals surface area (Å²) in [7, 11) is 0. The van der Waals surface area contributed by atoms with Gasteiger partial charge in [-0.15, -0.1) is 0 Å². The van der Waals surface area contributed by atoms with E-state index in [9.17, 15) is 10.5 Å². The van der Waals surface area contributed by atoms with Gasteiger partial charge in [-0.05, 0) is 90.5 Å². The average Bonchev–Trinajstić information content (AvgIpc) is 3.89. The maximum atomic E-state index is 10.1. The van der Waals surface area contributed by atoms with Gasteiger partial charge in [-0.2, -0.15) is 10.5 Å². The molecule has 3 aromatic heterocycles. The van der Waals surface area contributed by atoms with Gasteiger partial charge >= 0.3 is 0 Å². The number of rotatable bonds is 4. The van der Waals surface area contributed by atoms with Crippen LogP contribution in [0.3, 0.4) is 0 Å². The zero-order valence-corrected chi connectivity index (χ0v) is 29.5. The highest BCUT2D eigenvalue weighted by molar-refractivity contribution is 6.13. The fourth-order valence-electron chi connectivity index (χ4n) is 8.80. The summed E-state index contributed by atoms with van der Waals surface area (Å²) in [4.78, 5) is 0. The van der Waals surface area contributed by atoms with Gasteiger partial charge in [0.25, 0.3) is 0 Å². The van der Waals surface area contributed by atoms with Crippen LogP contribution in [0.25, 0.3) is 93.6 Å². The van der Waals surface area contributed by atoms with E-state index >= 15 is 0 Å². The van der Waals surface area contributed by atoms with Crippen molar-refractivity contribution in [3.05, 3.63) is 187 Å². The van der Waals surface area contributed by atoms with Crippen LogP contribution >= 0.6 is 0 Å². The second-order valence-corrected chi connectivity index (χ2v) is 14.0. The van der Waals surface area contributed by atoms with Crippen molar-refractivity contribution in [3.63, 3.8) is 0 Å². The van der Waals surface area contributed by atoms with Gasteiger partial charge in [0.15, 0.2) is 0 Å². The normalized spacial score (nSPS) is 11.6. The van der Waals surface area contributed by atoms with Gasteiger partial charge in [0.2, 0.25) is 0 Å². The summed E-state index contributed by atoms with van der Waals surface area (Å²) in [5.74, 6) is 0. The van der Waals surface area contributed by atoms with Crippen molar-refractivity contribution in [1.29, 1.82) is 10.5 Å². The van der Waals surface area contributed by atoms with Crippen LogP contribution in [0.4, 0.5) is 0 Å². The number of hydrogen-bond donors (Lipinski definition) is 0. The number of benzene rings is 8. The van der Waals surface area contributed by atoms with Crippen LogP contribution in [0, 0.1) is 22.7 Å². The van der Waals surface area contributed by atoms with Crippen LogP contribution in [-0.4, -0.2) is 13.7 Å². The molecular weight excluding hydrogens is 671 g/mol. The molecular formula is C50H29N5. The topological polar surface area (TPSA) is 62.4 Å².